The Morgan fingerprint density at radius 1 is 1.09 bits per heavy atom. The van der Waals surface area contributed by atoms with E-state index in [4.69, 9.17) is 5.73 Å². The van der Waals surface area contributed by atoms with Gasteiger partial charge < -0.3 is 16.4 Å². The molecule has 1 saturated carbocycles. The number of nitrogens with one attached hydrogen (secondary N) is 3. The highest BCUT2D eigenvalue weighted by atomic mass is 32.2. The molecule has 0 saturated heterocycles. The molecule has 3 rings (SSSR count). The number of halogens is 3. The SMILES string of the molecule is CS(=O)(=O)NC1CCC(Nc2cc(Nc3ccccc3C(N)=O)c(C(F)(F)F)cn2)CC1. The number of carbonyl (C=O) groups excluding carboxylic acids is 1. The molecule has 1 fully saturated rings. The fourth-order valence-electron chi connectivity index (χ4n) is 3.68. The molecule has 174 valence electrons. The van der Waals surface area contributed by atoms with Gasteiger partial charge in [0.15, 0.2) is 0 Å². The molecular weight excluding hydrogens is 447 g/mol. The summed E-state index contributed by atoms with van der Waals surface area (Å²) in [5, 5.41) is 5.78. The average molecular weight is 472 g/mol. The minimum absolute atomic E-state index is 0.0589. The van der Waals surface area contributed by atoms with Gasteiger partial charge in [0, 0.05) is 24.3 Å². The summed E-state index contributed by atoms with van der Waals surface area (Å²) < 4.78 is 65.9. The van der Waals surface area contributed by atoms with Crippen molar-refractivity contribution in [3.05, 3.63) is 47.7 Å². The maximum absolute atomic E-state index is 13.5. The number of sulfonamides is 1. The van der Waals surface area contributed by atoms with Crippen LogP contribution in [0.25, 0.3) is 0 Å². The summed E-state index contributed by atoms with van der Waals surface area (Å²) in [5.74, 6) is -0.537. The molecule has 0 bridgehead atoms. The third kappa shape index (κ3) is 6.33. The van der Waals surface area contributed by atoms with Crippen LogP contribution in [0.2, 0.25) is 0 Å². The minimum Gasteiger partial charge on any atom is -0.367 e. The lowest BCUT2D eigenvalue weighted by molar-refractivity contribution is -0.137. The molecule has 0 atom stereocenters. The molecule has 12 heteroatoms. The number of rotatable bonds is 7. The van der Waals surface area contributed by atoms with E-state index in [9.17, 15) is 26.4 Å². The highest BCUT2D eigenvalue weighted by Gasteiger charge is 2.35. The van der Waals surface area contributed by atoms with Gasteiger partial charge in [0.05, 0.1) is 28.8 Å². The van der Waals surface area contributed by atoms with Gasteiger partial charge in [0.1, 0.15) is 5.82 Å². The normalized spacial score (nSPS) is 19.4. The Balaban J connectivity index is 1.79. The first kappa shape index (κ1) is 23.8. The fraction of sp³-hybridized carbons (Fsp3) is 0.400. The Hall–Kier alpha value is -2.86. The summed E-state index contributed by atoms with van der Waals surface area (Å²) in [7, 11) is -3.29. The number of anilines is 3. The van der Waals surface area contributed by atoms with Crippen LogP contribution < -0.4 is 21.1 Å². The van der Waals surface area contributed by atoms with Crippen molar-refractivity contribution in [2.24, 2.45) is 5.73 Å². The van der Waals surface area contributed by atoms with Crippen molar-refractivity contribution < 1.29 is 26.4 Å². The molecule has 0 aliphatic heterocycles. The zero-order chi connectivity index (χ0) is 23.5. The number of hydrogen-bond donors (Lipinski definition) is 4. The molecule has 8 nitrogen and oxygen atoms in total. The molecule has 0 radical (unpaired) electrons. The van der Waals surface area contributed by atoms with Crippen LogP contribution in [-0.4, -0.2) is 37.6 Å². The third-order valence-corrected chi connectivity index (χ3v) is 5.89. The smallest absolute Gasteiger partial charge is 0.367 e. The van der Waals surface area contributed by atoms with Crippen LogP contribution in [0, 0.1) is 0 Å². The topological polar surface area (TPSA) is 126 Å². The lowest BCUT2D eigenvalue weighted by Gasteiger charge is -2.29. The Morgan fingerprint density at radius 3 is 2.31 bits per heavy atom. The van der Waals surface area contributed by atoms with Gasteiger partial charge in [-0.05, 0) is 37.8 Å². The van der Waals surface area contributed by atoms with Crippen LogP contribution in [0.4, 0.5) is 30.4 Å². The van der Waals surface area contributed by atoms with Crippen LogP contribution in [0.3, 0.4) is 0 Å². The number of alkyl halides is 3. The maximum atomic E-state index is 13.5. The highest BCUT2D eigenvalue weighted by molar-refractivity contribution is 7.88. The number of pyridine rings is 1. The second kappa shape index (κ2) is 9.33. The molecule has 1 aliphatic rings. The van der Waals surface area contributed by atoms with Gasteiger partial charge in [-0.2, -0.15) is 13.2 Å². The van der Waals surface area contributed by atoms with Gasteiger partial charge in [-0.3, -0.25) is 4.79 Å². The highest BCUT2D eigenvalue weighted by Crippen LogP contribution is 2.37. The third-order valence-electron chi connectivity index (χ3n) is 5.13. The van der Waals surface area contributed by atoms with Crippen molar-refractivity contribution in [3.63, 3.8) is 0 Å². The molecule has 1 aromatic heterocycles. The molecule has 0 unspecified atom stereocenters. The van der Waals surface area contributed by atoms with Crippen molar-refractivity contribution in [2.45, 2.75) is 43.9 Å². The van der Waals surface area contributed by atoms with E-state index in [1.807, 2.05) is 0 Å². The van der Waals surface area contributed by atoms with Crippen LogP contribution in [0.15, 0.2) is 36.5 Å². The predicted molar refractivity (Wildman–Crippen MR) is 115 cm³/mol. The van der Waals surface area contributed by atoms with Crippen molar-refractivity contribution >= 4 is 33.1 Å². The van der Waals surface area contributed by atoms with Crippen molar-refractivity contribution in [1.29, 1.82) is 0 Å². The Morgan fingerprint density at radius 2 is 1.72 bits per heavy atom. The van der Waals surface area contributed by atoms with Crippen LogP contribution >= 0.6 is 0 Å². The zero-order valence-corrected chi connectivity index (χ0v) is 18.1. The second-order valence-electron chi connectivity index (χ2n) is 7.73. The fourth-order valence-corrected chi connectivity index (χ4v) is 4.52. The average Bonchev–Trinajstić information content (AvgIpc) is 2.68. The van der Waals surface area contributed by atoms with E-state index in [0.29, 0.717) is 25.7 Å². The summed E-state index contributed by atoms with van der Waals surface area (Å²) in [5.41, 5.74) is 4.28. The van der Waals surface area contributed by atoms with Gasteiger partial charge in [0.2, 0.25) is 10.0 Å². The zero-order valence-electron chi connectivity index (χ0n) is 17.2. The quantitative estimate of drug-likeness (QED) is 0.491. The second-order valence-corrected chi connectivity index (χ2v) is 9.51. The van der Waals surface area contributed by atoms with Crippen LogP contribution in [0.1, 0.15) is 41.6 Å². The number of amides is 1. The predicted octanol–water partition coefficient (Wildman–Crippen LogP) is 3.22. The van der Waals surface area contributed by atoms with Gasteiger partial charge in [-0.15, -0.1) is 0 Å². The first-order valence-corrected chi connectivity index (χ1v) is 11.8. The summed E-state index contributed by atoms with van der Waals surface area (Å²) in [4.78, 5) is 15.5. The molecular formula is C20H24F3N5O3S. The van der Waals surface area contributed by atoms with Gasteiger partial charge in [-0.25, -0.2) is 18.1 Å². The Kier molecular flexibility index (Phi) is 6.94. The van der Waals surface area contributed by atoms with E-state index in [2.05, 4.69) is 20.3 Å². The van der Waals surface area contributed by atoms with Crippen molar-refractivity contribution in [3.8, 4) is 0 Å². The molecule has 32 heavy (non-hydrogen) atoms. The largest absolute Gasteiger partial charge is 0.419 e. The first-order valence-electron chi connectivity index (χ1n) is 9.89. The molecule has 1 amide bonds. The number of hydrogen-bond acceptors (Lipinski definition) is 6. The van der Waals surface area contributed by atoms with Crippen LogP contribution in [-0.2, 0) is 16.2 Å². The molecule has 2 aromatic rings. The first-order chi connectivity index (χ1) is 14.9. The summed E-state index contributed by atoms with van der Waals surface area (Å²) in [6, 6.07) is 7.02. The lowest BCUT2D eigenvalue weighted by atomic mass is 9.92. The van der Waals surface area contributed by atoms with E-state index in [1.54, 1.807) is 12.1 Å². The van der Waals surface area contributed by atoms with E-state index in [-0.39, 0.29) is 34.8 Å². The van der Waals surface area contributed by atoms with E-state index in [0.717, 1.165) is 12.5 Å². The van der Waals surface area contributed by atoms with Crippen molar-refractivity contribution in [1.82, 2.24) is 9.71 Å². The molecule has 0 spiro atoms. The van der Waals surface area contributed by atoms with E-state index >= 15 is 0 Å². The summed E-state index contributed by atoms with van der Waals surface area (Å²) >= 11 is 0. The number of carbonyl (C=O) groups is 1. The van der Waals surface area contributed by atoms with Gasteiger partial charge >= 0.3 is 6.18 Å². The van der Waals surface area contributed by atoms with Gasteiger partial charge in [0.25, 0.3) is 5.91 Å². The standard InChI is InChI=1S/C20H24F3N5O3S/c1-32(30,31)28-13-8-6-12(7-9-13)26-18-10-17(15(11-25-18)20(21,22)23)27-16-5-3-2-4-14(16)19(24)29/h2-5,10-13,28H,6-9H2,1H3,(H2,24,29)(H2,25,26,27). The number of nitrogens with two attached hydrogens (primary N) is 1. The minimum atomic E-state index is -4.66. The summed E-state index contributed by atoms with van der Waals surface area (Å²) in [6.45, 7) is 0. The molecule has 5 N–H and O–H groups in total. The lowest BCUT2D eigenvalue weighted by Crippen LogP contribution is -2.39. The number of para-hydroxylation sites is 1. The Bertz CT molecular complexity index is 1080. The molecule has 1 aromatic carbocycles. The number of primary amides is 1. The maximum Gasteiger partial charge on any atom is 0.419 e. The monoisotopic (exact) mass is 471 g/mol. The van der Waals surface area contributed by atoms with Crippen LogP contribution in [0.5, 0.6) is 0 Å². The number of aromatic nitrogens is 1. The molecule has 1 aliphatic carbocycles. The summed E-state index contributed by atoms with van der Waals surface area (Å²) in [6.07, 6.45) is -0.370. The number of benzene rings is 1. The molecule has 1 heterocycles. The van der Waals surface area contributed by atoms with E-state index < -0.39 is 27.7 Å². The Labute approximate surface area is 183 Å². The van der Waals surface area contributed by atoms with Gasteiger partial charge in [-0.1, -0.05) is 12.1 Å². The van der Waals surface area contributed by atoms with Crippen molar-refractivity contribution in [2.75, 3.05) is 16.9 Å². The number of nitrogens with zero attached hydrogens (tertiary/aromatic N) is 1. The van der Waals surface area contributed by atoms with E-state index in [1.165, 1.54) is 18.2 Å².